The Morgan fingerprint density at radius 3 is 2.54 bits per heavy atom. The summed E-state index contributed by atoms with van der Waals surface area (Å²) in [7, 11) is 0.923. The molecule has 0 aliphatic carbocycles. The van der Waals surface area contributed by atoms with E-state index in [1.54, 1.807) is 19.1 Å². The van der Waals surface area contributed by atoms with Crippen molar-refractivity contribution >= 4 is 16.9 Å². The smallest absolute Gasteiger partial charge is 0.431 e. The highest BCUT2D eigenvalue weighted by atomic mass is 19.4. The number of hydrogen-bond acceptors (Lipinski definition) is 6. The van der Waals surface area contributed by atoms with Gasteiger partial charge in [-0.15, -0.1) is 5.92 Å². The third-order valence-corrected chi connectivity index (χ3v) is 5.54. The Morgan fingerprint density at radius 2 is 1.89 bits per heavy atom. The standard InChI is InChI=1S/C25H18F3N3O6/c1-4-5-19(23(33)34)36-15-8-6-13(2)16(11-15)22-17-10-14(7-9-18(17)37-29-22)31-21(32)12-20(25(26,27)28)30(3)24(31)35/h6-12,19H,1-3H3,(H,33,34). The monoisotopic (exact) mass is 513 g/mol. The van der Waals surface area contributed by atoms with Gasteiger partial charge in [-0.25, -0.2) is 14.2 Å². The minimum absolute atomic E-state index is 0.00509. The lowest BCUT2D eigenvalue weighted by Crippen LogP contribution is -2.40. The highest BCUT2D eigenvalue weighted by Crippen LogP contribution is 2.34. The summed E-state index contributed by atoms with van der Waals surface area (Å²) >= 11 is 0. The minimum Gasteiger partial charge on any atom is -0.478 e. The summed E-state index contributed by atoms with van der Waals surface area (Å²) in [5.74, 6) is 3.86. The van der Waals surface area contributed by atoms with Crippen molar-refractivity contribution < 1.29 is 32.3 Å². The van der Waals surface area contributed by atoms with Gasteiger partial charge in [0, 0.05) is 18.7 Å². The molecule has 1 atom stereocenters. The van der Waals surface area contributed by atoms with Crippen LogP contribution in [0, 0.1) is 18.8 Å². The molecule has 0 fully saturated rings. The molecule has 2 aromatic carbocycles. The summed E-state index contributed by atoms with van der Waals surface area (Å²) in [5.41, 5.74) is -1.93. The predicted molar refractivity (Wildman–Crippen MR) is 126 cm³/mol. The van der Waals surface area contributed by atoms with E-state index < -0.39 is 35.2 Å². The lowest BCUT2D eigenvalue weighted by molar-refractivity contribution is -0.144. The third kappa shape index (κ3) is 4.71. The highest BCUT2D eigenvalue weighted by Gasteiger charge is 2.35. The molecule has 1 unspecified atom stereocenters. The van der Waals surface area contributed by atoms with Gasteiger partial charge < -0.3 is 14.4 Å². The highest BCUT2D eigenvalue weighted by molar-refractivity contribution is 5.93. The average molecular weight is 513 g/mol. The number of hydrogen-bond donors (Lipinski definition) is 1. The average Bonchev–Trinajstić information content (AvgIpc) is 3.24. The normalized spacial score (nSPS) is 12.2. The molecule has 9 nitrogen and oxygen atoms in total. The number of benzene rings is 2. The maximum atomic E-state index is 13.2. The first-order chi connectivity index (χ1) is 17.4. The number of alkyl halides is 3. The fraction of sp³-hybridized carbons (Fsp3) is 0.200. The molecule has 190 valence electrons. The van der Waals surface area contributed by atoms with Gasteiger partial charge in [0.1, 0.15) is 17.1 Å². The Hall–Kier alpha value is -4.79. The Bertz CT molecular complexity index is 1720. The summed E-state index contributed by atoms with van der Waals surface area (Å²) in [5, 5.41) is 13.7. The van der Waals surface area contributed by atoms with Crippen molar-refractivity contribution in [2.45, 2.75) is 26.1 Å². The van der Waals surface area contributed by atoms with Crippen LogP contribution in [-0.4, -0.2) is 31.5 Å². The molecular weight excluding hydrogens is 495 g/mol. The topological polar surface area (TPSA) is 117 Å². The van der Waals surface area contributed by atoms with E-state index in [0.29, 0.717) is 31.7 Å². The van der Waals surface area contributed by atoms with E-state index in [0.717, 1.165) is 7.05 Å². The molecule has 0 aliphatic heterocycles. The summed E-state index contributed by atoms with van der Waals surface area (Å²) < 4.78 is 51.4. The molecule has 2 heterocycles. The maximum Gasteiger partial charge on any atom is 0.431 e. The lowest BCUT2D eigenvalue weighted by Gasteiger charge is -2.14. The van der Waals surface area contributed by atoms with Gasteiger partial charge in [-0.2, -0.15) is 13.2 Å². The molecule has 0 saturated heterocycles. The second-order valence-corrected chi connectivity index (χ2v) is 7.96. The molecule has 37 heavy (non-hydrogen) atoms. The molecule has 1 N–H and O–H groups in total. The van der Waals surface area contributed by atoms with Crippen molar-refractivity contribution in [3.63, 3.8) is 0 Å². The second kappa shape index (κ2) is 9.34. The first kappa shape index (κ1) is 25.3. The molecule has 0 aliphatic rings. The zero-order chi connectivity index (χ0) is 27.1. The van der Waals surface area contributed by atoms with Crippen LogP contribution in [0.25, 0.3) is 27.9 Å². The molecular formula is C25H18F3N3O6. The van der Waals surface area contributed by atoms with Gasteiger partial charge >= 0.3 is 17.8 Å². The molecule has 4 rings (SSSR count). The number of carboxylic acids is 1. The van der Waals surface area contributed by atoms with Gasteiger partial charge in [-0.05, 0) is 55.7 Å². The van der Waals surface area contributed by atoms with E-state index in [2.05, 4.69) is 17.0 Å². The fourth-order valence-corrected chi connectivity index (χ4v) is 3.73. The molecule has 0 bridgehead atoms. The third-order valence-electron chi connectivity index (χ3n) is 5.54. The van der Waals surface area contributed by atoms with Crippen molar-refractivity contribution in [3.8, 4) is 34.5 Å². The van der Waals surface area contributed by atoms with Gasteiger partial charge in [-0.3, -0.25) is 9.36 Å². The quantitative estimate of drug-likeness (QED) is 0.406. The molecule has 12 heteroatoms. The Labute approximate surface area is 206 Å². The molecule has 0 spiro atoms. The van der Waals surface area contributed by atoms with Gasteiger partial charge in [0.25, 0.3) is 11.7 Å². The van der Waals surface area contributed by atoms with Gasteiger partial charge in [0.2, 0.25) is 0 Å². The van der Waals surface area contributed by atoms with Gasteiger partial charge in [-0.1, -0.05) is 11.2 Å². The van der Waals surface area contributed by atoms with E-state index in [1.807, 2.05) is 0 Å². The van der Waals surface area contributed by atoms with E-state index in [9.17, 15) is 32.7 Å². The zero-order valence-corrected chi connectivity index (χ0v) is 19.6. The number of halogens is 3. The second-order valence-electron chi connectivity index (χ2n) is 7.96. The van der Waals surface area contributed by atoms with E-state index in [-0.39, 0.29) is 22.7 Å². The minimum atomic E-state index is -4.88. The van der Waals surface area contributed by atoms with Crippen molar-refractivity contribution in [3.05, 3.63) is 74.6 Å². The van der Waals surface area contributed by atoms with Gasteiger partial charge in [0.15, 0.2) is 5.58 Å². The number of aromatic nitrogens is 3. The van der Waals surface area contributed by atoms with Crippen LogP contribution in [-0.2, 0) is 18.0 Å². The fourth-order valence-electron chi connectivity index (χ4n) is 3.73. The van der Waals surface area contributed by atoms with Crippen LogP contribution >= 0.6 is 0 Å². The number of aliphatic carboxylic acids is 1. The van der Waals surface area contributed by atoms with E-state index >= 15 is 0 Å². The number of rotatable bonds is 5. The first-order valence-electron chi connectivity index (χ1n) is 10.6. The van der Waals surface area contributed by atoms with Gasteiger partial charge in [0.05, 0.1) is 11.1 Å². The van der Waals surface area contributed by atoms with Crippen molar-refractivity contribution in [2.24, 2.45) is 7.05 Å². The number of nitrogens with zero attached hydrogens (tertiary/aromatic N) is 3. The van der Waals surface area contributed by atoms with Crippen LogP contribution in [0.3, 0.4) is 0 Å². The summed E-state index contributed by atoms with van der Waals surface area (Å²) in [4.78, 5) is 36.6. The molecule has 2 aromatic heterocycles. The van der Waals surface area contributed by atoms with Crippen LogP contribution < -0.4 is 16.0 Å². The summed E-state index contributed by atoms with van der Waals surface area (Å²) in [6, 6.07) is 9.29. The largest absolute Gasteiger partial charge is 0.478 e. The number of aryl methyl sites for hydroxylation is 1. The van der Waals surface area contributed by atoms with Crippen molar-refractivity contribution in [1.82, 2.24) is 14.3 Å². The molecule has 0 radical (unpaired) electrons. The number of carbonyl (C=O) groups is 1. The summed E-state index contributed by atoms with van der Waals surface area (Å²) in [6.07, 6.45) is -6.28. The summed E-state index contributed by atoms with van der Waals surface area (Å²) in [6.45, 7) is 3.24. The Kier molecular flexibility index (Phi) is 6.39. The number of fused-ring (bicyclic) bond motifs is 1. The van der Waals surface area contributed by atoms with Crippen LogP contribution in [0.15, 0.2) is 56.6 Å². The molecule has 0 amide bonds. The SMILES string of the molecule is CC#CC(Oc1ccc(C)c(-c2noc3ccc(-n4c(=O)cc(C(F)(F)F)n(C)c4=O)cc23)c1)C(=O)O. The Balaban J connectivity index is 1.85. The Morgan fingerprint density at radius 1 is 1.16 bits per heavy atom. The molecule has 4 aromatic rings. The van der Waals surface area contributed by atoms with Crippen LogP contribution in [0.5, 0.6) is 5.75 Å². The van der Waals surface area contributed by atoms with Crippen molar-refractivity contribution in [2.75, 3.05) is 0 Å². The maximum absolute atomic E-state index is 13.2. The first-order valence-corrected chi connectivity index (χ1v) is 10.6. The zero-order valence-electron chi connectivity index (χ0n) is 19.6. The van der Waals surface area contributed by atoms with Crippen LogP contribution in [0.1, 0.15) is 18.2 Å². The van der Waals surface area contributed by atoms with E-state index in [1.165, 1.54) is 31.2 Å². The molecule has 0 saturated carbocycles. The van der Waals surface area contributed by atoms with E-state index in [4.69, 9.17) is 9.26 Å². The van der Waals surface area contributed by atoms with Crippen molar-refractivity contribution in [1.29, 1.82) is 0 Å². The lowest BCUT2D eigenvalue weighted by atomic mass is 10.0. The van der Waals surface area contributed by atoms with Crippen LogP contribution in [0.2, 0.25) is 0 Å². The number of carboxylic acid groups (broad SMARTS) is 1. The number of ether oxygens (including phenoxy) is 1. The van der Waals surface area contributed by atoms with Crippen LogP contribution in [0.4, 0.5) is 13.2 Å². The predicted octanol–water partition coefficient (Wildman–Crippen LogP) is 3.53.